The van der Waals surface area contributed by atoms with Crippen LogP contribution in [0.25, 0.3) is 5.57 Å². The average molecular weight is 224 g/mol. The van der Waals surface area contributed by atoms with Crippen molar-refractivity contribution in [2.45, 2.75) is 34.6 Å². The molecule has 0 amide bonds. The third kappa shape index (κ3) is 3.67. The molecule has 1 aromatic rings. The lowest BCUT2D eigenvalue weighted by Crippen LogP contribution is -2.01. The Balaban J connectivity index is 3.16. The molecule has 1 rings (SSSR count). The summed E-state index contributed by atoms with van der Waals surface area (Å²) in [6, 6.07) is 1.97. The van der Waals surface area contributed by atoms with Gasteiger partial charge in [-0.05, 0) is 36.5 Å². The molecule has 0 saturated carbocycles. The van der Waals surface area contributed by atoms with Gasteiger partial charge in [-0.25, -0.2) is 0 Å². The van der Waals surface area contributed by atoms with Gasteiger partial charge in [0.05, 0.1) is 5.02 Å². The molecule has 1 nitrogen and oxygen atoms in total. The summed E-state index contributed by atoms with van der Waals surface area (Å²) in [4.78, 5) is 4.26. The third-order valence-corrected chi connectivity index (χ3v) is 2.33. The lowest BCUT2D eigenvalue weighted by atomic mass is 9.91. The predicted octanol–water partition coefficient (Wildman–Crippen LogP) is 4.49. The summed E-state index contributed by atoms with van der Waals surface area (Å²) < 4.78 is 0. The number of aryl methyl sites for hydroxylation is 1. The molecular formula is C13H18ClN. The molecule has 82 valence electrons. The van der Waals surface area contributed by atoms with Crippen molar-refractivity contribution in [2.75, 3.05) is 0 Å². The largest absolute Gasteiger partial charge is 0.259 e. The van der Waals surface area contributed by atoms with E-state index in [1.807, 2.05) is 13.0 Å². The fraction of sp³-hybridized carbons (Fsp3) is 0.462. The van der Waals surface area contributed by atoms with Crippen molar-refractivity contribution in [1.82, 2.24) is 4.98 Å². The van der Waals surface area contributed by atoms with Gasteiger partial charge in [-0.1, -0.05) is 38.4 Å². The average Bonchev–Trinajstić information content (AvgIpc) is 2.06. The first-order valence-electron chi connectivity index (χ1n) is 5.11. The number of rotatable bonds is 1. The standard InChI is InChI=1S/C13H18ClN/c1-9(7-13(3,4)5)12-6-11(14)8-15-10(12)2/h6-8H,1-5H3/b9-7+. The highest BCUT2D eigenvalue weighted by Crippen LogP contribution is 2.26. The highest BCUT2D eigenvalue weighted by atomic mass is 35.5. The maximum absolute atomic E-state index is 5.94. The highest BCUT2D eigenvalue weighted by Gasteiger charge is 2.09. The normalized spacial score (nSPS) is 13.1. The minimum Gasteiger partial charge on any atom is -0.259 e. The second kappa shape index (κ2) is 4.36. The Morgan fingerprint density at radius 1 is 1.40 bits per heavy atom. The maximum Gasteiger partial charge on any atom is 0.0595 e. The summed E-state index contributed by atoms with van der Waals surface area (Å²) in [6.07, 6.45) is 3.93. The number of hydrogen-bond acceptors (Lipinski definition) is 1. The van der Waals surface area contributed by atoms with Gasteiger partial charge in [0.1, 0.15) is 0 Å². The highest BCUT2D eigenvalue weighted by molar-refractivity contribution is 6.30. The van der Waals surface area contributed by atoms with Crippen molar-refractivity contribution < 1.29 is 0 Å². The van der Waals surface area contributed by atoms with Crippen LogP contribution in [0.3, 0.4) is 0 Å². The van der Waals surface area contributed by atoms with E-state index in [9.17, 15) is 0 Å². The lowest BCUT2D eigenvalue weighted by molar-refractivity contribution is 0.545. The molecule has 0 fully saturated rings. The van der Waals surface area contributed by atoms with Gasteiger partial charge >= 0.3 is 0 Å². The van der Waals surface area contributed by atoms with Crippen LogP contribution in [0.15, 0.2) is 18.3 Å². The van der Waals surface area contributed by atoms with Crippen LogP contribution in [0.1, 0.15) is 39.0 Å². The van der Waals surface area contributed by atoms with Crippen molar-refractivity contribution >= 4 is 17.2 Å². The van der Waals surface area contributed by atoms with Gasteiger partial charge in [-0.15, -0.1) is 0 Å². The molecule has 0 radical (unpaired) electrons. The van der Waals surface area contributed by atoms with Crippen LogP contribution in [0.2, 0.25) is 5.02 Å². The van der Waals surface area contributed by atoms with Gasteiger partial charge in [0, 0.05) is 11.9 Å². The summed E-state index contributed by atoms with van der Waals surface area (Å²) in [6.45, 7) is 10.7. The molecule has 0 saturated heterocycles. The molecule has 0 unspecified atom stereocenters. The third-order valence-electron chi connectivity index (χ3n) is 2.13. The first-order valence-corrected chi connectivity index (χ1v) is 5.49. The smallest absolute Gasteiger partial charge is 0.0595 e. The number of nitrogens with zero attached hydrogens (tertiary/aromatic N) is 1. The van der Waals surface area contributed by atoms with E-state index in [2.05, 4.69) is 38.8 Å². The number of hydrogen-bond donors (Lipinski definition) is 0. The zero-order valence-electron chi connectivity index (χ0n) is 10.1. The Morgan fingerprint density at radius 2 is 2.00 bits per heavy atom. The van der Waals surface area contributed by atoms with Crippen LogP contribution >= 0.6 is 11.6 Å². The van der Waals surface area contributed by atoms with Crippen molar-refractivity contribution in [3.63, 3.8) is 0 Å². The molecule has 1 aromatic heterocycles. The van der Waals surface area contributed by atoms with Crippen molar-refractivity contribution in [3.8, 4) is 0 Å². The van der Waals surface area contributed by atoms with E-state index in [1.54, 1.807) is 6.20 Å². The van der Waals surface area contributed by atoms with Gasteiger partial charge in [0.15, 0.2) is 0 Å². The lowest BCUT2D eigenvalue weighted by Gasteiger charge is -2.15. The zero-order valence-corrected chi connectivity index (χ0v) is 10.8. The van der Waals surface area contributed by atoms with Crippen molar-refractivity contribution in [2.24, 2.45) is 5.41 Å². The van der Waals surface area contributed by atoms with E-state index < -0.39 is 0 Å². The molecule has 0 aliphatic carbocycles. The predicted molar refractivity (Wildman–Crippen MR) is 67.1 cm³/mol. The van der Waals surface area contributed by atoms with Gasteiger partial charge in [-0.3, -0.25) is 4.98 Å². The molecule has 15 heavy (non-hydrogen) atoms. The Hall–Kier alpha value is -0.820. The van der Waals surface area contributed by atoms with Crippen LogP contribution in [-0.4, -0.2) is 4.98 Å². The Labute approximate surface area is 97.2 Å². The summed E-state index contributed by atoms with van der Waals surface area (Å²) in [5, 5.41) is 0.692. The Morgan fingerprint density at radius 3 is 2.53 bits per heavy atom. The van der Waals surface area contributed by atoms with Crippen LogP contribution in [-0.2, 0) is 0 Å². The summed E-state index contributed by atoms with van der Waals surface area (Å²) in [5.74, 6) is 0. The molecule has 2 heteroatoms. The van der Waals surface area contributed by atoms with Gasteiger partial charge < -0.3 is 0 Å². The van der Waals surface area contributed by atoms with E-state index in [-0.39, 0.29) is 5.41 Å². The monoisotopic (exact) mass is 223 g/mol. The zero-order chi connectivity index (χ0) is 11.6. The Bertz CT molecular complexity index is 386. The minimum atomic E-state index is 0.179. The second-order valence-corrected chi connectivity index (χ2v) is 5.42. The first kappa shape index (κ1) is 12.3. The molecule has 0 aliphatic heterocycles. The molecule has 0 N–H and O–H groups in total. The van der Waals surface area contributed by atoms with E-state index in [4.69, 9.17) is 11.6 Å². The van der Waals surface area contributed by atoms with Crippen LogP contribution in [0.5, 0.6) is 0 Å². The van der Waals surface area contributed by atoms with Crippen LogP contribution in [0, 0.1) is 12.3 Å². The first-order chi connectivity index (χ1) is 6.79. The molecule has 0 bridgehead atoms. The van der Waals surface area contributed by atoms with E-state index in [0.717, 1.165) is 11.3 Å². The molecule has 0 atom stereocenters. The number of halogens is 1. The topological polar surface area (TPSA) is 12.9 Å². The van der Waals surface area contributed by atoms with Gasteiger partial charge in [0.25, 0.3) is 0 Å². The fourth-order valence-corrected chi connectivity index (χ4v) is 1.79. The Kier molecular flexibility index (Phi) is 3.56. The minimum absolute atomic E-state index is 0.179. The number of allylic oxidation sites excluding steroid dienone is 2. The summed E-state index contributed by atoms with van der Waals surface area (Å²) in [5.41, 5.74) is 3.57. The van der Waals surface area contributed by atoms with Crippen LogP contribution in [0.4, 0.5) is 0 Å². The van der Waals surface area contributed by atoms with Gasteiger partial charge in [0.2, 0.25) is 0 Å². The molecule has 0 aromatic carbocycles. The number of pyridine rings is 1. The molecule has 0 aliphatic rings. The number of aromatic nitrogens is 1. The fourth-order valence-electron chi connectivity index (χ4n) is 1.63. The quantitative estimate of drug-likeness (QED) is 0.684. The van der Waals surface area contributed by atoms with E-state index in [1.165, 1.54) is 5.57 Å². The van der Waals surface area contributed by atoms with Crippen molar-refractivity contribution in [1.29, 1.82) is 0 Å². The second-order valence-electron chi connectivity index (χ2n) is 4.98. The summed E-state index contributed by atoms with van der Waals surface area (Å²) >= 11 is 5.94. The van der Waals surface area contributed by atoms with E-state index >= 15 is 0 Å². The molecule has 1 heterocycles. The molecular weight excluding hydrogens is 206 g/mol. The van der Waals surface area contributed by atoms with Gasteiger partial charge in [-0.2, -0.15) is 0 Å². The summed E-state index contributed by atoms with van der Waals surface area (Å²) in [7, 11) is 0. The van der Waals surface area contributed by atoms with Crippen molar-refractivity contribution in [3.05, 3.63) is 34.6 Å². The van der Waals surface area contributed by atoms with E-state index in [0.29, 0.717) is 5.02 Å². The SMILES string of the molecule is C/C(=C\C(C)(C)C)c1cc(Cl)cnc1C. The van der Waals surface area contributed by atoms with Crippen LogP contribution < -0.4 is 0 Å². The molecule has 0 spiro atoms. The maximum atomic E-state index is 5.94.